The zero-order chi connectivity index (χ0) is 18.1. The molecule has 6 nitrogen and oxygen atoms in total. The first-order valence-electron chi connectivity index (χ1n) is 7.89. The van der Waals surface area contributed by atoms with Crippen LogP contribution < -0.4 is 5.32 Å². The maximum Gasteiger partial charge on any atom is 0.275 e. The summed E-state index contributed by atoms with van der Waals surface area (Å²) in [7, 11) is 0. The number of hydrogen-bond acceptors (Lipinski definition) is 6. The molecule has 130 valence electrons. The van der Waals surface area contributed by atoms with Gasteiger partial charge in [-0.2, -0.15) is 16.4 Å². The average Bonchev–Trinajstić information content (AvgIpc) is 3.35. The minimum atomic E-state index is -0.247. The predicted molar refractivity (Wildman–Crippen MR) is 104 cm³/mol. The summed E-state index contributed by atoms with van der Waals surface area (Å²) in [6.45, 7) is 3.92. The number of nitrogens with zero attached hydrogens (tertiary/aromatic N) is 4. The van der Waals surface area contributed by atoms with Crippen molar-refractivity contribution in [3.8, 4) is 16.4 Å². The monoisotopic (exact) mass is 381 g/mol. The van der Waals surface area contributed by atoms with Crippen molar-refractivity contribution >= 4 is 34.3 Å². The lowest BCUT2D eigenvalue weighted by Gasteiger charge is -2.06. The minimum Gasteiger partial charge on any atom is -0.319 e. The van der Waals surface area contributed by atoms with Gasteiger partial charge in [0, 0.05) is 22.0 Å². The van der Waals surface area contributed by atoms with Crippen LogP contribution in [0.25, 0.3) is 16.4 Å². The Balaban J connectivity index is 1.49. The second-order valence-electron chi connectivity index (χ2n) is 5.75. The third kappa shape index (κ3) is 3.29. The Bertz CT molecular complexity index is 1050. The van der Waals surface area contributed by atoms with Crippen LogP contribution in [0.2, 0.25) is 0 Å². The van der Waals surface area contributed by atoms with Crippen LogP contribution in [0.4, 0.5) is 5.69 Å². The van der Waals surface area contributed by atoms with E-state index in [-0.39, 0.29) is 5.91 Å². The summed E-state index contributed by atoms with van der Waals surface area (Å²) in [6.07, 6.45) is 1.62. The van der Waals surface area contributed by atoms with Crippen molar-refractivity contribution in [3.05, 3.63) is 63.7 Å². The first-order valence-corrected chi connectivity index (χ1v) is 9.71. The smallest absolute Gasteiger partial charge is 0.275 e. The van der Waals surface area contributed by atoms with Crippen LogP contribution in [-0.4, -0.2) is 25.7 Å². The molecule has 0 saturated carbocycles. The second kappa shape index (κ2) is 6.81. The number of aromatic nitrogens is 4. The Morgan fingerprint density at radius 1 is 1.19 bits per heavy atom. The first-order chi connectivity index (χ1) is 12.6. The van der Waals surface area contributed by atoms with E-state index >= 15 is 0 Å². The summed E-state index contributed by atoms with van der Waals surface area (Å²) in [6, 6.07) is 7.62. The van der Waals surface area contributed by atoms with E-state index in [1.807, 2.05) is 48.9 Å². The van der Waals surface area contributed by atoms with Crippen molar-refractivity contribution in [2.45, 2.75) is 13.8 Å². The molecule has 4 rings (SSSR count). The van der Waals surface area contributed by atoms with E-state index in [4.69, 9.17) is 0 Å². The van der Waals surface area contributed by atoms with E-state index in [1.165, 1.54) is 11.3 Å². The van der Waals surface area contributed by atoms with E-state index in [2.05, 4.69) is 20.4 Å². The number of anilines is 1. The predicted octanol–water partition coefficient (Wildman–Crippen LogP) is 4.32. The maximum atomic E-state index is 12.4. The molecule has 4 heterocycles. The summed E-state index contributed by atoms with van der Waals surface area (Å²) >= 11 is 3.06. The maximum absolute atomic E-state index is 12.4. The van der Waals surface area contributed by atoms with Crippen LogP contribution in [0.3, 0.4) is 0 Å². The fraction of sp³-hybridized carbons (Fsp3) is 0.111. The van der Waals surface area contributed by atoms with Gasteiger partial charge in [0.25, 0.3) is 5.91 Å². The van der Waals surface area contributed by atoms with Gasteiger partial charge in [0.2, 0.25) is 0 Å². The number of carbonyl (C=O) groups is 1. The lowest BCUT2D eigenvalue weighted by atomic mass is 10.3. The van der Waals surface area contributed by atoms with Gasteiger partial charge in [-0.05, 0) is 43.5 Å². The Labute approximate surface area is 158 Å². The third-order valence-electron chi connectivity index (χ3n) is 3.74. The number of nitrogens with one attached hydrogen (secondary N) is 1. The number of rotatable bonds is 4. The zero-order valence-corrected chi connectivity index (χ0v) is 15.8. The SMILES string of the molecule is Cc1cc(C)n(-c2ccc(NC(=O)c3csc(-c4ccsc4)n3)cn2)n1. The summed E-state index contributed by atoms with van der Waals surface area (Å²) in [5.41, 5.74) is 4.00. The van der Waals surface area contributed by atoms with Gasteiger partial charge in [-0.15, -0.1) is 11.3 Å². The molecule has 0 atom stereocenters. The van der Waals surface area contributed by atoms with Gasteiger partial charge in [0.05, 0.1) is 17.6 Å². The summed E-state index contributed by atoms with van der Waals surface area (Å²) in [4.78, 5) is 21.2. The number of pyridine rings is 1. The first kappa shape index (κ1) is 16.6. The second-order valence-corrected chi connectivity index (χ2v) is 7.39. The molecule has 0 aromatic carbocycles. The molecule has 1 N–H and O–H groups in total. The fourth-order valence-electron chi connectivity index (χ4n) is 2.54. The van der Waals surface area contributed by atoms with Crippen molar-refractivity contribution in [1.29, 1.82) is 0 Å². The topological polar surface area (TPSA) is 72.7 Å². The van der Waals surface area contributed by atoms with E-state index in [1.54, 1.807) is 27.6 Å². The number of aryl methyl sites for hydroxylation is 2. The van der Waals surface area contributed by atoms with Crippen LogP contribution in [0.1, 0.15) is 21.9 Å². The molecule has 1 amide bonds. The van der Waals surface area contributed by atoms with E-state index < -0.39 is 0 Å². The molecule has 0 spiro atoms. The van der Waals surface area contributed by atoms with Crippen LogP contribution in [-0.2, 0) is 0 Å². The molecule has 0 bridgehead atoms. The molecule has 0 radical (unpaired) electrons. The molecular weight excluding hydrogens is 366 g/mol. The molecule has 4 aromatic rings. The van der Waals surface area contributed by atoms with Gasteiger partial charge in [0.15, 0.2) is 5.82 Å². The molecule has 0 fully saturated rings. The quantitative estimate of drug-likeness (QED) is 0.571. The highest BCUT2D eigenvalue weighted by Crippen LogP contribution is 2.26. The zero-order valence-electron chi connectivity index (χ0n) is 14.1. The van der Waals surface area contributed by atoms with Crippen molar-refractivity contribution in [3.63, 3.8) is 0 Å². The average molecular weight is 381 g/mol. The Morgan fingerprint density at radius 3 is 2.73 bits per heavy atom. The number of amides is 1. The van der Waals surface area contributed by atoms with E-state index in [0.29, 0.717) is 17.2 Å². The Kier molecular flexibility index (Phi) is 4.36. The van der Waals surface area contributed by atoms with Gasteiger partial charge >= 0.3 is 0 Å². The van der Waals surface area contributed by atoms with Crippen LogP contribution >= 0.6 is 22.7 Å². The number of thiophene rings is 1. The summed E-state index contributed by atoms with van der Waals surface area (Å²) < 4.78 is 1.77. The fourth-order valence-corrected chi connectivity index (χ4v) is 4.05. The van der Waals surface area contributed by atoms with Crippen molar-refractivity contribution in [2.24, 2.45) is 0 Å². The van der Waals surface area contributed by atoms with Gasteiger partial charge in [0.1, 0.15) is 10.7 Å². The van der Waals surface area contributed by atoms with Gasteiger partial charge in [-0.1, -0.05) is 0 Å². The molecule has 0 aliphatic carbocycles. The van der Waals surface area contributed by atoms with Crippen molar-refractivity contribution in [1.82, 2.24) is 19.7 Å². The number of hydrogen-bond donors (Lipinski definition) is 1. The molecule has 4 aromatic heterocycles. The highest BCUT2D eigenvalue weighted by molar-refractivity contribution is 7.14. The van der Waals surface area contributed by atoms with Crippen molar-refractivity contribution in [2.75, 3.05) is 5.32 Å². The molecular formula is C18H15N5OS2. The van der Waals surface area contributed by atoms with Gasteiger partial charge < -0.3 is 5.32 Å². The largest absolute Gasteiger partial charge is 0.319 e. The van der Waals surface area contributed by atoms with Crippen LogP contribution in [0.15, 0.2) is 46.6 Å². The minimum absolute atomic E-state index is 0.247. The molecule has 0 aliphatic heterocycles. The highest BCUT2D eigenvalue weighted by atomic mass is 32.1. The third-order valence-corrected chi connectivity index (χ3v) is 5.31. The molecule has 0 unspecified atom stereocenters. The van der Waals surface area contributed by atoms with Crippen LogP contribution in [0.5, 0.6) is 0 Å². The Morgan fingerprint density at radius 2 is 2.08 bits per heavy atom. The normalized spacial score (nSPS) is 10.8. The van der Waals surface area contributed by atoms with Crippen LogP contribution in [0, 0.1) is 13.8 Å². The number of thiazole rings is 1. The summed E-state index contributed by atoms with van der Waals surface area (Å²) in [5, 5.41) is 13.9. The molecule has 8 heteroatoms. The van der Waals surface area contributed by atoms with E-state index in [0.717, 1.165) is 22.0 Å². The standard InChI is InChI=1S/C18H15N5OS2/c1-11-7-12(2)23(22-11)16-4-3-14(8-19-16)20-17(24)15-10-26-18(21-15)13-5-6-25-9-13/h3-10H,1-2H3,(H,20,24). The molecule has 26 heavy (non-hydrogen) atoms. The molecule has 0 saturated heterocycles. The van der Waals surface area contributed by atoms with E-state index in [9.17, 15) is 4.79 Å². The number of carbonyl (C=O) groups excluding carboxylic acids is 1. The Hall–Kier alpha value is -2.84. The van der Waals surface area contributed by atoms with Crippen molar-refractivity contribution < 1.29 is 4.79 Å². The lowest BCUT2D eigenvalue weighted by Crippen LogP contribution is -2.13. The lowest BCUT2D eigenvalue weighted by molar-refractivity contribution is 0.102. The highest BCUT2D eigenvalue weighted by Gasteiger charge is 2.13. The molecule has 0 aliphatic rings. The van der Waals surface area contributed by atoms with Gasteiger partial charge in [-0.3, -0.25) is 4.79 Å². The van der Waals surface area contributed by atoms with Gasteiger partial charge in [-0.25, -0.2) is 14.6 Å². The summed E-state index contributed by atoms with van der Waals surface area (Å²) in [5.74, 6) is 0.463.